The Morgan fingerprint density at radius 2 is 2.00 bits per heavy atom. The monoisotopic (exact) mass is 306 g/mol. The number of aromatic nitrogens is 2. The van der Waals surface area contributed by atoms with Crippen molar-refractivity contribution in [2.45, 2.75) is 10.9 Å². The predicted octanol–water partition coefficient (Wildman–Crippen LogP) is 1.79. The zero-order chi connectivity index (χ0) is 15.1. The van der Waals surface area contributed by atoms with E-state index >= 15 is 0 Å². The molecule has 2 rings (SSSR count). The van der Waals surface area contributed by atoms with Crippen molar-refractivity contribution < 1.29 is 9.47 Å². The molecular formula is C14H18N4O2S. The maximum atomic E-state index is 5.65. The molecule has 3 N–H and O–H groups in total. The number of nitrogens with two attached hydrogens (primary N) is 1. The Kier molecular flexibility index (Phi) is 5.79. The van der Waals surface area contributed by atoms with Crippen LogP contribution in [0, 0.1) is 0 Å². The number of rotatable bonds is 7. The van der Waals surface area contributed by atoms with Crippen molar-refractivity contribution in [1.82, 2.24) is 15.4 Å². The van der Waals surface area contributed by atoms with Gasteiger partial charge in [-0.25, -0.2) is 4.98 Å². The van der Waals surface area contributed by atoms with Gasteiger partial charge in [0.15, 0.2) is 0 Å². The highest BCUT2D eigenvalue weighted by molar-refractivity contribution is 7.99. The average Bonchev–Trinajstić information content (AvgIpc) is 2.56. The van der Waals surface area contributed by atoms with Crippen molar-refractivity contribution in [3.8, 4) is 11.8 Å². The summed E-state index contributed by atoms with van der Waals surface area (Å²) < 4.78 is 10.3. The first-order valence-electron chi connectivity index (χ1n) is 6.37. The molecule has 0 aliphatic heterocycles. The maximum absolute atomic E-state index is 5.65. The number of nitrogens with zero attached hydrogens (tertiary/aromatic N) is 2. The molecule has 1 aromatic heterocycles. The summed E-state index contributed by atoms with van der Waals surface area (Å²) in [6, 6.07) is 9.91. The molecule has 1 atom stereocenters. The van der Waals surface area contributed by atoms with Crippen molar-refractivity contribution in [2.24, 2.45) is 5.84 Å². The molecule has 0 aliphatic rings. The molecule has 0 saturated heterocycles. The Labute approximate surface area is 128 Å². The zero-order valence-corrected chi connectivity index (χ0v) is 12.8. The van der Waals surface area contributed by atoms with Gasteiger partial charge < -0.3 is 9.47 Å². The minimum Gasteiger partial charge on any atom is -0.480 e. The van der Waals surface area contributed by atoms with Gasteiger partial charge in [0.2, 0.25) is 11.8 Å². The number of nitrogens with one attached hydrogen (secondary N) is 1. The van der Waals surface area contributed by atoms with Gasteiger partial charge >= 0.3 is 0 Å². The molecule has 2 aromatic rings. The molecule has 0 radical (unpaired) electrons. The third kappa shape index (κ3) is 4.07. The Balaban J connectivity index is 2.13. The summed E-state index contributed by atoms with van der Waals surface area (Å²) in [6.45, 7) is 0. The first-order chi connectivity index (χ1) is 10.3. The fourth-order valence-corrected chi connectivity index (χ4v) is 2.72. The standard InChI is InChI=1S/C14H18N4O2S/c1-19-12-8-16-13(14(17-12)20-2)11(18-15)9-21-10-6-4-3-5-7-10/h3-8,11,18H,9,15H2,1-2H3. The summed E-state index contributed by atoms with van der Waals surface area (Å²) in [6.07, 6.45) is 1.55. The lowest BCUT2D eigenvalue weighted by atomic mass is 10.2. The third-order valence-electron chi connectivity index (χ3n) is 2.84. The largest absolute Gasteiger partial charge is 0.480 e. The summed E-state index contributed by atoms with van der Waals surface area (Å²) in [5.74, 6) is 7.16. The summed E-state index contributed by atoms with van der Waals surface area (Å²) in [7, 11) is 3.08. The lowest BCUT2D eigenvalue weighted by Crippen LogP contribution is -2.31. The Morgan fingerprint density at radius 1 is 1.24 bits per heavy atom. The molecule has 0 amide bonds. The van der Waals surface area contributed by atoms with Crippen LogP contribution in [0.2, 0.25) is 0 Å². The lowest BCUT2D eigenvalue weighted by molar-refractivity contribution is 0.351. The van der Waals surface area contributed by atoms with Crippen LogP contribution in [0.5, 0.6) is 11.8 Å². The third-order valence-corrected chi connectivity index (χ3v) is 3.94. The van der Waals surface area contributed by atoms with Gasteiger partial charge in [-0.1, -0.05) is 18.2 Å². The van der Waals surface area contributed by atoms with Gasteiger partial charge in [-0.15, -0.1) is 11.8 Å². The van der Waals surface area contributed by atoms with Crippen LogP contribution >= 0.6 is 11.8 Å². The van der Waals surface area contributed by atoms with Crippen LogP contribution in [0.15, 0.2) is 41.4 Å². The summed E-state index contributed by atoms with van der Waals surface area (Å²) in [4.78, 5) is 9.72. The van der Waals surface area contributed by atoms with Gasteiger partial charge in [-0.05, 0) is 12.1 Å². The molecule has 112 valence electrons. The van der Waals surface area contributed by atoms with E-state index in [-0.39, 0.29) is 6.04 Å². The molecule has 1 aromatic carbocycles. The van der Waals surface area contributed by atoms with Gasteiger partial charge in [0.05, 0.1) is 26.5 Å². The van der Waals surface area contributed by atoms with Crippen molar-refractivity contribution in [3.05, 3.63) is 42.2 Å². The number of thioether (sulfide) groups is 1. The number of ether oxygens (including phenoxy) is 2. The number of hydrogen-bond donors (Lipinski definition) is 2. The highest BCUT2D eigenvalue weighted by Gasteiger charge is 2.19. The van der Waals surface area contributed by atoms with E-state index in [1.807, 2.05) is 18.2 Å². The molecule has 6 nitrogen and oxygen atoms in total. The van der Waals surface area contributed by atoms with Gasteiger partial charge in [0.25, 0.3) is 0 Å². The fourth-order valence-electron chi connectivity index (χ4n) is 1.76. The number of methoxy groups -OCH3 is 2. The number of benzene rings is 1. The molecule has 7 heteroatoms. The van der Waals surface area contributed by atoms with Crippen molar-refractivity contribution in [3.63, 3.8) is 0 Å². The number of hydrazine groups is 1. The molecule has 0 aliphatic carbocycles. The van der Waals surface area contributed by atoms with Crippen LogP contribution in [0.3, 0.4) is 0 Å². The minimum absolute atomic E-state index is 0.177. The molecule has 1 unspecified atom stereocenters. The van der Waals surface area contributed by atoms with E-state index in [4.69, 9.17) is 15.3 Å². The summed E-state index contributed by atoms with van der Waals surface area (Å²) in [5.41, 5.74) is 3.41. The smallest absolute Gasteiger partial charge is 0.240 e. The van der Waals surface area contributed by atoms with Crippen LogP contribution in [-0.2, 0) is 0 Å². The minimum atomic E-state index is -0.177. The van der Waals surface area contributed by atoms with Crippen molar-refractivity contribution in [2.75, 3.05) is 20.0 Å². The first kappa shape index (κ1) is 15.6. The molecule has 21 heavy (non-hydrogen) atoms. The van der Waals surface area contributed by atoms with Gasteiger partial charge in [0, 0.05) is 10.6 Å². The first-order valence-corrected chi connectivity index (χ1v) is 7.36. The average molecular weight is 306 g/mol. The van der Waals surface area contributed by atoms with E-state index < -0.39 is 0 Å². The summed E-state index contributed by atoms with van der Waals surface area (Å²) >= 11 is 1.68. The Bertz CT molecular complexity index is 568. The predicted molar refractivity (Wildman–Crippen MR) is 82.4 cm³/mol. The zero-order valence-electron chi connectivity index (χ0n) is 11.9. The van der Waals surface area contributed by atoms with E-state index in [0.717, 1.165) is 4.90 Å². The van der Waals surface area contributed by atoms with Crippen LogP contribution in [-0.4, -0.2) is 29.9 Å². The SMILES string of the molecule is COc1cnc(C(CSc2ccccc2)NN)c(OC)n1. The van der Waals surface area contributed by atoms with E-state index in [0.29, 0.717) is 23.2 Å². The van der Waals surface area contributed by atoms with E-state index in [1.165, 1.54) is 7.11 Å². The number of hydrogen-bond acceptors (Lipinski definition) is 7. The van der Waals surface area contributed by atoms with E-state index in [1.54, 1.807) is 25.1 Å². The van der Waals surface area contributed by atoms with E-state index in [2.05, 4.69) is 27.5 Å². The highest BCUT2D eigenvalue weighted by Crippen LogP contribution is 2.28. The normalized spacial score (nSPS) is 12.0. The second-order valence-corrected chi connectivity index (χ2v) is 5.24. The Morgan fingerprint density at radius 3 is 2.62 bits per heavy atom. The molecular weight excluding hydrogens is 288 g/mol. The van der Waals surface area contributed by atoms with Gasteiger partial charge in [-0.3, -0.25) is 11.3 Å². The van der Waals surface area contributed by atoms with Crippen molar-refractivity contribution in [1.29, 1.82) is 0 Å². The highest BCUT2D eigenvalue weighted by atomic mass is 32.2. The van der Waals surface area contributed by atoms with Crippen LogP contribution < -0.4 is 20.7 Å². The molecule has 1 heterocycles. The molecule has 0 saturated carbocycles. The van der Waals surface area contributed by atoms with Crippen LogP contribution in [0.1, 0.15) is 11.7 Å². The fraction of sp³-hybridized carbons (Fsp3) is 0.286. The molecule has 0 bridgehead atoms. The second kappa shape index (κ2) is 7.82. The van der Waals surface area contributed by atoms with Crippen LogP contribution in [0.25, 0.3) is 0 Å². The summed E-state index contributed by atoms with van der Waals surface area (Å²) in [5, 5.41) is 0. The van der Waals surface area contributed by atoms with Crippen molar-refractivity contribution >= 4 is 11.8 Å². The van der Waals surface area contributed by atoms with Crippen LogP contribution in [0.4, 0.5) is 0 Å². The maximum Gasteiger partial charge on any atom is 0.240 e. The van der Waals surface area contributed by atoms with Gasteiger partial charge in [0.1, 0.15) is 5.69 Å². The second-order valence-electron chi connectivity index (χ2n) is 4.15. The van der Waals surface area contributed by atoms with Gasteiger partial charge in [-0.2, -0.15) is 4.98 Å². The molecule has 0 spiro atoms. The lowest BCUT2D eigenvalue weighted by Gasteiger charge is -2.17. The van der Waals surface area contributed by atoms with E-state index in [9.17, 15) is 0 Å². The molecule has 0 fully saturated rings. The Hall–Kier alpha value is -1.83. The quantitative estimate of drug-likeness (QED) is 0.458. The topological polar surface area (TPSA) is 82.3 Å².